The molecule has 3 saturated heterocycles. The van der Waals surface area contributed by atoms with E-state index in [1.165, 1.54) is 51.6 Å². The van der Waals surface area contributed by atoms with Gasteiger partial charge in [0.05, 0.1) is 136 Å². The number of aliphatic hydroxyl groups excluding tert-OH is 2. The minimum atomic E-state index is -4.97. The van der Waals surface area contributed by atoms with Crippen LogP contribution in [-0.4, -0.2) is 155 Å². The Hall–Kier alpha value is -9.17. The molecular weight excluding hydrogens is 1620 g/mol. The maximum Gasteiger partial charge on any atom is 0.416 e. The first-order valence-electron chi connectivity index (χ1n) is 38.4. The van der Waals surface area contributed by atoms with Gasteiger partial charge in [0.2, 0.25) is 17.7 Å². The van der Waals surface area contributed by atoms with Gasteiger partial charge in [0.25, 0.3) is 0 Å². The van der Waals surface area contributed by atoms with Crippen molar-refractivity contribution in [3.05, 3.63) is 212 Å². The van der Waals surface area contributed by atoms with Crippen LogP contribution in [0.25, 0.3) is 0 Å². The summed E-state index contributed by atoms with van der Waals surface area (Å²) in [5.41, 5.74) is -11.8. The topological polar surface area (TPSA) is 219 Å². The highest BCUT2D eigenvalue weighted by Gasteiger charge is 2.54. The number of ketones is 1. The molecular formula is C84H91F18N9O9. The number of benzene rings is 6. The summed E-state index contributed by atoms with van der Waals surface area (Å²) in [6, 6.07) is 31.8. The van der Waals surface area contributed by atoms with E-state index in [0.29, 0.717) is 74.9 Å². The quantitative estimate of drug-likeness (QED) is 0.0358. The number of amides is 3. The van der Waals surface area contributed by atoms with Gasteiger partial charge in [-0.1, -0.05) is 91.0 Å². The van der Waals surface area contributed by atoms with Gasteiger partial charge in [0.15, 0.2) is 0 Å². The Labute approximate surface area is 679 Å². The Kier molecular flexibility index (Phi) is 28.3. The van der Waals surface area contributed by atoms with Crippen molar-refractivity contribution in [2.75, 3.05) is 59.1 Å². The molecule has 0 aromatic heterocycles. The lowest BCUT2D eigenvalue weighted by atomic mass is 9.73. The average molecular weight is 1710 g/mol. The van der Waals surface area contributed by atoms with Gasteiger partial charge in [-0.05, 0) is 181 Å². The number of nitrogens with zero attached hydrogens (tertiary/aromatic N) is 6. The highest BCUT2D eigenvalue weighted by molar-refractivity contribution is 5.96. The maximum atomic E-state index is 13.4. The molecule has 18 nitrogen and oxygen atoms in total. The van der Waals surface area contributed by atoms with Crippen molar-refractivity contribution < 1.29 is 123 Å². The maximum absolute atomic E-state index is 13.4. The summed E-state index contributed by atoms with van der Waals surface area (Å²) in [6.45, 7) is 9.42. The summed E-state index contributed by atoms with van der Waals surface area (Å²) < 4.78 is 259. The lowest BCUT2D eigenvalue weighted by Gasteiger charge is -2.51. The van der Waals surface area contributed by atoms with Gasteiger partial charge < -0.3 is 40.4 Å². The zero-order chi connectivity index (χ0) is 88.0. The third-order valence-electron chi connectivity index (χ3n) is 22.8. The third kappa shape index (κ3) is 22.0. The number of aliphatic imine (C=N–C) groups is 3. The molecule has 0 saturated carbocycles. The highest BCUT2D eigenvalue weighted by atomic mass is 19.4. The van der Waals surface area contributed by atoms with E-state index >= 15 is 0 Å². The molecule has 120 heavy (non-hydrogen) atoms. The standard InChI is InChI=1S/2C28H31F6N3O3.C28H29F6N3O3/c3*1-18(38)13-25(37-17-35-14-24(37)39)8-9-26(36-15-25,21-6-4-3-5-7-21)16-40-19(2)20-10-22(27(29,30)31)12-23(11-20)28(32,33)34/h2*3-7,10-12,17-19,36,38H,8-9,13-16H2,1-2H3;3-7,10-12,17,19,36H,8-9,13-16H2,1-2H3/t18-,19+,25+,26+;18-,19-,25-,26-;19-,25-,26-/m011/s1. The van der Waals surface area contributed by atoms with Crippen LogP contribution in [0.4, 0.5) is 79.0 Å². The van der Waals surface area contributed by atoms with E-state index in [9.17, 15) is 108 Å². The smallest absolute Gasteiger partial charge is 0.393 e. The number of alkyl halides is 18. The number of carbonyl (C=O) groups is 4. The molecule has 6 aromatic carbocycles. The minimum Gasteiger partial charge on any atom is -0.393 e. The zero-order valence-corrected chi connectivity index (χ0v) is 65.9. The molecule has 0 spiro atoms. The fraction of sp³-hybridized carbons (Fsp3) is 0.488. The largest absolute Gasteiger partial charge is 0.416 e. The van der Waals surface area contributed by atoms with Gasteiger partial charge in [-0.15, -0.1) is 0 Å². The van der Waals surface area contributed by atoms with Crippen molar-refractivity contribution >= 4 is 42.5 Å². The normalized spacial score (nSPS) is 25.0. The first-order chi connectivity index (χ1) is 56.0. The Morgan fingerprint density at radius 3 is 0.808 bits per heavy atom. The van der Waals surface area contributed by atoms with Crippen LogP contribution in [0.3, 0.4) is 0 Å². The molecule has 5 N–H and O–H groups in total. The highest BCUT2D eigenvalue weighted by Crippen LogP contribution is 2.48. The van der Waals surface area contributed by atoms with E-state index < -0.39 is 134 Å². The van der Waals surface area contributed by atoms with Crippen molar-refractivity contribution in [3.8, 4) is 0 Å². The predicted octanol–water partition coefficient (Wildman–Crippen LogP) is 16.6. The second-order valence-electron chi connectivity index (χ2n) is 31.6. The molecule has 3 fully saturated rings. The Morgan fingerprint density at radius 2 is 0.617 bits per heavy atom. The molecule has 6 heterocycles. The number of ether oxygens (including phenoxy) is 3. The van der Waals surface area contributed by atoms with E-state index in [1.54, 1.807) is 35.8 Å². The first-order valence-corrected chi connectivity index (χ1v) is 38.4. The number of rotatable bonds is 24. The molecule has 0 aliphatic carbocycles. The Balaban J connectivity index is 0.000000189. The van der Waals surface area contributed by atoms with E-state index in [4.69, 9.17) is 14.2 Å². The summed E-state index contributed by atoms with van der Waals surface area (Å²) in [6.07, 6.45) is -27.0. The number of hydrogen-bond acceptors (Lipinski definition) is 15. The molecule has 11 atom stereocenters. The molecule has 36 heteroatoms. The second kappa shape index (κ2) is 36.5. The van der Waals surface area contributed by atoms with Gasteiger partial charge >= 0.3 is 37.1 Å². The third-order valence-corrected chi connectivity index (χ3v) is 22.8. The summed E-state index contributed by atoms with van der Waals surface area (Å²) in [7, 11) is 0. The van der Waals surface area contributed by atoms with Gasteiger partial charge in [-0.25, -0.2) is 0 Å². The number of Topliss-reactive ketones (excluding diaryl/α,β-unsaturated/α-hetero) is 1. The number of aliphatic hydroxyl groups is 2. The second-order valence-corrected chi connectivity index (χ2v) is 31.6. The van der Waals surface area contributed by atoms with E-state index in [1.807, 2.05) is 78.9 Å². The SMILES string of the molecule is CC(=O)C[C@]1(N2C=NCC2=O)CC[C@@](CO[C@H](C)c2cc(C(F)(F)F)cc(C(F)(F)F)c2)(c2ccccc2)NC1.C[C@@H](O)C[C@]1(N2C=NCC2=O)CC[C@@](CO[C@H](C)c2cc(C(F)(F)F)cc(C(F)(F)F)c2)(c2ccccc2)NC1.C[C@H](O)C[C@]1(N2C=NCC2=O)CC[C@@](CO[C@H](C)c2cc(C(F)(F)F)cc(C(F)(F)F)c2)(c2ccccc2)NC1. The summed E-state index contributed by atoms with van der Waals surface area (Å²) in [5.74, 6) is -0.726. The van der Waals surface area contributed by atoms with Crippen LogP contribution in [0.15, 0.2) is 161 Å². The van der Waals surface area contributed by atoms with Crippen molar-refractivity contribution in [2.24, 2.45) is 15.0 Å². The molecule has 3 amide bonds. The zero-order valence-electron chi connectivity index (χ0n) is 65.9. The lowest BCUT2D eigenvalue weighted by molar-refractivity contribution is -0.145. The minimum absolute atomic E-state index is 0.0129. The predicted molar refractivity (Wildman–Crippen MR) is 405 cm³/mol. The molecule has 652 valence electrons. The van der Waals surface area contributed by atoms with Crippen molar-refractivity contribution in [3.63, 3.8) is 0 Å². The van der Waals surface area contributed by atoms with Crippen LogP contribution >= 0.6 is 0 Å². The van der Waals surface area contributed by atoms with E-state index in [0.717, 1.165) is 16.7 Å². The van der Waals surface area contributed by atoms with Crippen LogP contribution in [-0.2, 0) is 87.1 Å². The number of piperidine rings is 3. The van der Waals surface area contributed by atoms with Gasteiger partial charge in [-0.3, -0.25) is 48.9 Å². The van der Waals surface area contributed by atoms with E-state index in [-0.39, 0.29) is 137 Å². The van der Waals surface area contributed by atoms with Gasteiger partial charge in [0.1, 0.15) is 25.4 Å². The van der Waals surface area contributed by atoms with E-state index in [2.05, 4.69) is 30.9 Å². The Morgan fingerprint density at radius 1 is 0.383 bits per heavy atom. The summed E-state index contributed by atoms with van der Waals surface area (Å²) in [5, 5.41) is 30.8. The first kappa shape index (κ1) is 93.1. The van der Waals surface area contributed by atoms with Crippen LogP contribution < -0.4 is 16.0 Å². The van der Waals surface area contributed by atoms with Crippen LogP contribution in [0.5, 0.6) is 0 Å². The van der Waals surface area contributed by atoms with Crippen molar-refractivity contribution in [1.29, 1.82) is 0 Å². The number of nitrogens with one attached hydrogen (secondary N) is 3. The number of halogens is 18. The fourth-order valence-corrected chi connectivity index (χ4v) is 16.4. The van der Waals surface area contributed by atoms with Crippen molar-refractivity contribution in [2.45, 2.75) is 200 Å². The fourth-order valence-electron chi connectivity index (χ4n) is 16.4. The lowest BCUT2D eigenvalue weighted by Crippen LogP contribution is -2.65. The van der Waals surface area contributed by atoms with Crippen LogP contribution in [0.2, 0.25) is 0 Å². The average Bonchev–Trinajstić information content (AvgIpc) is 1.08. The van der Waals surface area contributed by atoms with Gasteiger partial charge in [0, 0.05) is 26.1 Å². The monoisotopic (exact) mass is 1710 g/mol. The summed E-state index contributed by atoms with van der Waals surface area (Å²) in [4.78, 5) is 66.6. The molecule has 12 rings (SSSR count). The number of hydrogen-bond donors (Lipinski definition) is 5. The van der Waals surface area contributed by atoms with Crippen LogP contribution in [0, 0.1) is 0 Å². The van der Waals surface area contributed by atoms with Gasteiger partial charge in [-0.2, -0.15) is 79.0 Å². The molecule has 0 bridgehead atoms. The Bertz CT molecular complexity index is 4340. The molecule has 6 aliphatic rings. The van der Waals surface area contributed by atoms with Crippen molar-refractivity contribution in [1.82, 2.24) is 30.7 Å². The molecule has 6 aliphatic heterocycles. The van der Waals surface area contributed by atoms with Crippen LogP contribution in [0.1, 0.15) is 184 Å². The molecule has 6 aromatic rings. The number of carbonyl (C=O) groups excluding carboxylic acids is 4. The summed E-state index contributed by atoms with van der Waals surface area (Å²) >= 11 is 0. The molecule has 0 radical (unpaired) electrons. The molecule has 0 unspecified atom stereocenters.